The van der Waals surface area contributed by atoms with Gasteiger partial charge < -0.3 is 25.8 Å². The van der Waals surface area contributed by atoms with Crippen molar-refractivity contribution >= 4 is 28.5 Å². The Bertz CT molecular complexity index is 1880. The number of fused-ring (bicyclic) bond motifs is 1. The van der Waals surface area contributed by atoms with Crippen LogP contribution in [-0.4, -0.2) is 79.4 Å². The maximum atomic E-state index is 16.7. The first kappa shape index (κ1) is 31.0. The van der Waals surface area contributed by atoms with Gasteiger partial charge in [-0.15, -0.1) is 0 Å². The number of aryl methyl sites for hydroxylation is 1. The number of anilines is 3. The maximum absolute atomic E-state index is 16.7. The summed E-state index contributed by atoms with van der Waals surface area (Å²) in [6, 6.07) is 2.80. The lowest BCUT2D eigenvalue weighted by atomic mass is 9.95. The van der Waals surface area contributed by atoms with Gasteiger partial charge in [-0.05, 0) is 39.3 Å². The van der Waals surface area contributed by atoms with Crippen molar-refractivity contribution in [3.63, 3.8) is 0 Å². The summed E-state index contributed by atoms with van der Waals surface area (Å²) in [5.74, 6) is -1.49. The number of hydrogen-bond acceptors (Lipinski definition) is 12. The molecule has 0 aliphatic carbocycles. The van der Waals surface area contributed by atoms with Crippen molar-refractivity contribution in [3.8, 4) is 23.3 Å². The van der Waals surface area contributed by atoms with Gasteiger partial charge in [0.05, 0.1) is 23.8 Å². The van der Waals surface area contributed by atoms with Gasteiger partial charge >= 0.3 is 12.2 Å². The van der Waals surface area contributed by atoms with Crippen molar-refractivity contribution in [3.05, 3.63) is 41.0 Å². The molecule has 17 heteroatoms. The molecule has 3 atom stereocenters. The molecule has 7 heterocycles. The van der Waals surface area contributed by atoms with Crippen molar-refractivity contribution in [2.24, 2.45) is 0 Å². The van der Waals surface area contributed by atoms with Gasteiger partial charge in [0.15, 0.2) is 5.82 Å². The standard InChI is InChI=1S/C30H31F5N10O2/c1-14-19(30(33,34)35)22(41-27(37)39-14)23-20(32)21-18-25(43-28(42-21)47-13-29-6-4-8-44(29)12-16(31)11-29)45(9-10-46-26(18)40-23)15(2)17-5-3-7-38-24(17)36/h3,5,7,15-16H,4,6,8-13H2,1-2H3,(H2,36,38)(H2,37,39,41)/t15-,16-,29+/m1/s1. The van der Waals surface area contributed by atoms with Crippen molar-refractivity contribution in [1.29, 1.82) is 0 Å². The van der Waals surface area contributed by atoms with Crippen LogP contribution in [0.5, 0.6) is 11.9 Å². The second-order valence-electron chi connectivity index (χ2n) is 12.1. The molecule has 4 aromatic rings. The summed E-state index contributed by atoms with van der Waals surface area (Å²) in [4.78, 5) is 28.7. The minimum absolute atomic E-state index is 0.00272. The Morgan fingerprint density at radius 1 is 1.13 bits per heavy atom. The van der Waals surface area contributed by atoms with E-state index in [9.17, 15) is 17.6 Å². The van der Waals surface area contributed by atoms with Gasteiger partial charge in [-0.3, -0.25) is 4.90 Å². The van der Waals surface area contributed by atoms with Crippen LogP contribution in [0.4, 0.5) is 39.5 Å². The van der Waals surface area contributed by atoms with Crippen LogP contribution in [0.3, 0.4) is 0 Å². The molecule has 0 aromatic carbocycles. The summed E-state index contributed by atoms with van der Waals surface area (Å²) in [7, 11) is 0. The molecular formula is C30H31F5N10O2. The van der Waals surface area contributed by atoms with E-state index in [0.29, 0.717) is 18.5 Å². The third kappa shape index (κ3) is 5.25. The fraction of sp³-hybridized carbons (Fsp3) is 0.467. The molecule has 0 radical (unpaired) electrons. The fourth-order valence-electron chi connectivity index (χ4n) is 7.06. The molecule has 3 aliphatic heterocycles. The van der Waals surface area contributed by atoms with Gasteiger partial charge in [0, 0.05) is 24.7 Å². The number of nitrogen functional groups attached to an aromatic ring is 2. The highest BCUT2D eigenvalue weighted by Gasteiger charge is 2.49. The van der Waals surface area contributed by atoms with Crippen LogP contribution in [-0.2, 0) is 6.18 Å². The number of ether oxygens (including phenoxy) is 2. The summed E-state index contributed by atoms with van der Waals surface area (Å²) in [5.41, 5.74) is 8.17. The van der Waals surface area contributed by atoms with Gasteiger partial charge in [-0.2, -0.15) is 23.1 Å². The zero-order valence-electron chi connectivity index (χ0n) is 25.5. The maximum Gasteiger partial charge on any atom is 0.420 e. The molecule has 2 fully saturated rings. The Balaban J connectivity index is 1.43. The highest BCUT2D eigenvalue weighted by atomic mass is 19.4. The Morgan fingerprint density at radius 2 is 1.94 bits per heavy atom. The van der Waals surface area contributed by atoms with Gasteiger partial charge in [0.1, 0.15) is 58.9 Å². The number of halogens is 5. The first-order valence-corrected chi connectivity index (χ1v) is 15.1. The van der Waals surface area contributed by atoms with Crippen molar-refractivity contribution in [1.82, 2.24) is 34.8 Å². The Labute approximate surface area is 265 Å². The highest BCUT2D eigenvalue weighted by Crippen LogP contribution is 2.45. The average molecular weight is 659 g/mol. The second kappa shape index (κ2) is 11.2. The van der Waals surface area contributed by atoms with E-state index in [1.807, 2.05) is 11.8 Å². The number of alkyl halides is 4. The molecule has 0 saturated carbocycles. The molecule has 4 aromatic heterocycles. The van der Waals surface area contributed by atoms with E-state index in [1.54, 1.807) is 23.2 Å². The van der Waals surface area contributed by atoms with Crippen LogP contribution < -0.4 is 25.8 Å². The van der Waals surface area contributed by atoms with E-state index in [2.05, 4.69) is 29.9 Å². The summed E-state index contributed by atoms with van der Waals surface area (Å²) in [6.07, 6.45) is -2.59. The number of aromatic nitrogens is 6. The second-order valence-corrected chi connectivity index (χ2v) is 12.1. The number of pyridine rings is 2. The third-order valence-electron chi connectivity index (χ3n) is 9.19. The molecule has 47 heavy (non-hydrogen) atoms. The molecule has 4 N–H and O–H groups in total. The van der Waals surface area contributed by atoms with E-state index < -0.39 is 63.9 Å². The predicted molar refractivity (Wildman–Crippen MR) is 161 cm³/mol. The van der Waals surface area contributed by atoms with E-state index >= 15 is 4.39 Å². The first-order valence-electron chi connectivity index (χ1n) is 15.1. The van der Waals surface area contributed by atoms with Crippen LogP contribution >= 0.6 is 0 Å². The molecular weight excluding hydrogens is 627 g/mol. The third-order valence-corrected chi connectivity index (χ3v) is 9.19. The summed E-state index contributed by atoms with van der Waals surface area (Å²) < 4.78 is 86.1. The minimum atomic E-state index is -4.96. The van der Waals surface area contributed by atoms with Gasteiger partial charge in [-0.1, -0.05) is 6.07 Å². The monoisotopic (exact) mass is 658 g/mol. The SMILES string of the molecule is Cc1nc(N)nc(-c2nc3c4c(nc(OC[C@@]56CCCN5C[C@H](F)C6)nc4c2F)N([C@H](C)c2cccnc2N)CCO3)c1C(F)(F)F. The molecule has 0 bridgehead atoms. The van der Waals surface area contributed by atoms with Gasteiger partial charge in [0.2, 0.25) is 11.8 Å². The number of nitrogens with zero attached hydrogens (tertiary/aromatic N) is 8. The molecule has 0 unspecified atom stereocenters. The Hall–Kier alpha value is -4.67. The van der Waals surface area contributed by atoms with E-state index in [-0.39, 0.29) is 55.1 Å². The van der Waals surface area contributed by atoms with E-state index in [4.69, 9.17) is 20.9 Å². The summed E-state index contributed by atoms with van der Waals surface area (Å²) in [5, 5.41) is 0.0167. The van der Waals surface area contributed by atoms with Gasteiger partial charge in [-0.25, -0.2) is 28.7 Å². The molecule has 0 spiro atoms. The van der Waals surface area contributed by atoms with Gasteiger partial charge in [0.25, 0.3) is 0 Å². The quantitative estimate of drug-likeness (QED) is 0.282. The molecule has 12 nitrogen and oxygen atoms in total. The highest BCUT2D eigenvalue weighted by molar-refractivity contribution is 5.97. The fourth-order valence-corrected chi connectivity index (χ4v) is 7.06. The zero-order chi connectivity index (χ0) is 33.2. The van der Waals surface area contributed by atoms with Crippen molar-refractivity contribution in [2.45, 2.75) is 57.0 Å². The number of hydrogen-bond donors (Lipinski definition) is 2. The number of rotatable bonds is 6. The molecule has 2 saturated heterocycles. The smallest absolute Gasteiger partial charge is 0.420 e. The van der Waals surface area contributed by atoms with Crippen molar-refractivity contribution in [2.75, 3.05) is 49.2 Å². The van der Waals surface area contributed by atoms with Crippen LogP contribution in [0.15, 0.2) is 18.3 Å². The predicted octanol–water partition coefficient (Wildman–Crippen LogP) is 4.42. The summed E-state index contributed by atoms with van der Waals surface area (Å²) >= 11 is 0. The molecule has 0 amide bonds. The Kier molecular flexibility index (Phi) is 7.40. The lowest BCUT2D eigenvalue weighted by molar-refractivity contribution is -0.138. The molecule has 248 valence electrons. The molecule has 3 aliphatic rings. The average Bonchev–Trinajstić information content (AvgIpc) is 3.46. The topological polar surface area (TPSA) is 154 Å². The zero-order valence-corrected chi connectivity index (χ0v) is 25.5. The van der Waals surface area contributed by atoms with E-state index in [0.717, 1.165) is 19.9 Å². The van der Waals surface area contributed by atoms with Crippen LogP contribution in [0, 0.1) is 12.7 Å². The van der Waals surface area contributed by atoms with E-state index in [1.165, 1.54) is 0 Å². The molecule has 7 rings (SSSR count). The van der Waals surface area contributed by atoms with Crippen molar-refractivity contribution < 1.29 is 31.4 Å². The van der Waals surface area contributed by atoms with Crippen LogP contribution in [0.25, 0.3) is 22.3 Å². The first-order chi connectivity index (χ1) is 22.4. The number of nitrogens with two attached hydrogens (primary N) is 2. The largest absolute Gasteiger partial charge is 0.475 e. The Morgan fingerprint density at radius 3 is 2.70 bits per heavy atom. The normalized spacial score (nSPS) is 21.9. The minimum Gasteiger partial charge on any atom is -0.475 e. The van der Waals surface area contributed by atoms with Crippen LogP contribution in [0.1, 0.15) is 49.0 Å². The lowest BCUT2D eigenvalue weighted by Crippen LogP contribution is -2.43. The summed E-state index contributed by atoms with van der Waals surface area (Å²) in [6.45, 7) is 4.19. The van der Waals surface area contributed by atoms with Crippen LogP contribution in [0.2, 0.25) is 0 Å². The lowest BCUT2D eigenvalue weighted by Gasteiger charge is -2.32.